The third-order valence-corrected chi connectivity index (χ3v) is 8.05. The Balaban J connectivity index is 1.71. The van der Waals surface area contributed by atoms with Crippen LogP contribution in [0.15, 0.2) is 127 Å². The van der Waals surface area contributed by atoms with Crippen LogP contribution in [-0.4, -0.2) is 0 Å². The van der Waals surface area contributed by atoms with Gasteiger partial charge in [-0.25, -0.2) is 0 Å². The van der Waals surface area contributed by atoms with E-state index in [0.29, 0.717) is 0 Å². The fourth-order valence-electron chi connectivity index (χ4n) is 6.33. The van der Waals surface area contributed by atoms with Crippen LogP contribution in [-0.2, 0) is 6.42 Å². The maximum atomic E-state index is 2.36. The minimum absolute atomic E-state index is 1.08. The van der Waals surface area contributed by atoms with Gasteiger partial charge in [0, 0.05) is 0 Å². The van der Waals surface area contributed by atoms with Gasteiger partial charge in [-0.15, -0.1) is 0 Å². The van der Waals surface area contributed by atoms with E-state index < -0.39 is 0 Å². The van der Waals surface area contributed by atoms with E-state index in [9.17, 15) is 0 Å². The average molecular weight is 487 g/mol. The molecule has 0 aliphatic rings. The SMILES string of the molecule is CCCCc1cccc2c(-c3cccc4ccccc34)c3ccccc3c(-c3cccc4ccccc34)c12. The first kappa shape index (κ1) is 22.8. The van der Waals surface area contributed by atoms with Crippen molar-refractivity contribution in [2.24, 2.45) is 0 Å². The van der Waals surface area contributed by atoms with Crippen molar-refractivity contribution in [3.05, 3.63) is 133 Å². The summed E-state index contributed by atoms with van der Waals surface area (Å²) < 4.78 is 0. The molecule has 0 aromatic heterocycles. The fraction of sp³-hybridized carbons (Fsp3) is 0.105. The predicted octanol–water partition coefficient (Wildman–Crippen LogP) is 11.0. The van der Waals surface area contributed by atoms with Crippen LogP contribution in [0.3, 0.4) is 0 Å². The summed E-state index contributed by atoms with van der Waals surface area (Å²) in [5.41, 5.74) is 6.77. The zero-order chi connectivity index (χ0) is 25.5. The van der Waals surface area contributed by atoms with Gasteiger partial charge in [0.25, 0.3) is 0 Å². The summed E-state index contributed by atoms with van der Waals surface area (Å²) in [5, 5.41) is 10.6. The van der Waals surface area contributed by atoms with E-state index in [1.807, 2.05) is 0 Å². The molecule has 0 unspecified atom stereocenters. The third-order valence-electron chi connectivity index (χ3n) is 8.05. The molecule has 0 aliphatic heterocycles. The lowest BCUT2D eigenvalue weighted by Gasteiger charge is -2.21. The number of rotatable bonds is 5. The van der Waals surface area contributed by atoms with E-state index in [1.54, 1.807) is 0 Å². The Bertz CT molecular complexity index is 1950. The lowest BCUT2D eigenvalue weighted by molar-refractivity contribution is 0.799. The molecule has 0 spiro atoms. The summed E-state index contributed by atoms with van der Waals surface area (Å²) >= 11 is 0. The molecule has 0 N–H and O–H groups in total. The molecule has 7 aromatic rings. The maximum absolute atomic E-state index is 2.36. The molecule has 0 bridgehead atoms. The molecule has 0 heterocycles. The molecule has 0 nitrogen and oxygen atoms in total. The third kappa shape index (κ3) is 3.60. The van der Waals surface area contributed by atoms with Gasteiger partial charge in [-0.1, -0.05) is 141 Å². The molecule has 0 saturated heterocycles. The Morgan fingerprint density at radius 2 is 0.895 bits per heavy atom. The zero-order valence-corrected chi connectivity index (χ0v) is 21.7. The van der Waals surface area contributed by atoms with Gasteiger partial charge in [0.1, 0.15) is 0 Å². The fourth-order valence-corrected chi connectivity index (χ4v) is 6.33. The first-order valence-electron chi connectivity index (χ1n) is 13.8. The van der Waals surface area contributed by atoms with Crippen molar-refractivity contribution < 1.29 is 0 Å². The van der Waals surface area contributed by atoms with Crippen LogP contribution in [0, 0.1) is 0 Å². The van der Waals surface area contributed by atoms with Crippen molar-refractivity contribution in [2.45, 2.75) is 26.2 Å². The number of fused-ring (bicyclic) bond motifs is 4. The minimum atomic E-state index is 1.08. The molecule has 38 heavy (non-hydrogen) atoms. The number of hydrogen-bond acceptors (Lipinski definition) is 0. The van der Waals surface area contributed by atoms with Crippen LogP contribution in [0.2, 0.25) is 0 Å². The maximum Gasteiger partial charge on any atom is -0.00174 e. The van der Waals surface area contributed by atoms with Crippen LogP contribution in [0.25, 0.3) is 65.3 Å². The van der Waals surface area contributed by atoms with Gasteiger partial charge in [0.2, 0.25) is 0 Å². The van der Waals surface area contributed by atoms with E-state index in [2.05, 4.69) is 134 Å². The lowest BCUT2D eigenvalue weighted by Crippen LogP contribution is -1.96. The van der Waals surface area contributed by atoms with Crippen molar-refractivity contribution in [2.75, 3.05) is 0 Å². The van der Waals surface area contributed by atoms with E-state index in [1.165, 1.54) is 83.7 Å². The smallest absolute Gasteiger partial charge is 0.00174 e. The molecule has 7 aromatic carbocycles. The first-order chi connectivity index (χ1) is 18.8. The molecule has 0 amide bonds. The Morgan fingerprint density at radius 3 is 1.53 bits per heavy atom. The van der Waals surface area contributed by atoms with E-state index in [-0.39, 0.29) is 0 Å². The quantitative estimate of drug-likeness (QED) is 0.212. The second kappa shape index (κ2) is 9.47. The van der Waals surface area contributed by atoms with Gasteiger partial charge in [-0.3, -0.25) is 0 Å². The van der Waals surface area contributed by atoms with Crippen LogP contribution in [0.4, 0.5) is 0 Å². The molecule has 0 saturated carbocycles. The molecule has 0 radical (unpaired) electrons. The summed E-state index contributed by atoms with van der Waals surface area (Å²) in [6.07, 6.45) is 3.45. The van der Waals surface area contributed by atoms with E-state index in [0.717, 1.165) is 6.42 Å². The minimum Gasteiger partial charge on any atom is -0.0654 e. The van der Waals surface area contributed by atoms with Crippen molar-refractivity contribution >= 4 is 43.1 Å². The topological polar surface area (TPSA) is 0 Å². The molecule has 0 aliphatic carbocycles. The molecule has 0 atom stereocenters. The summed E-state index contributed by atoms with van der Waals surface area (Å²) in [7, 11) is 0. The van der Waals surface area contributed by atoms with Gasteiger partial charge in [-0.2, -0.15) is 0 Å². The highest BCUT2D eigenvalue weighted by Crippen LogP contribution is 2.47. The van der Waals surface area contributed by atoms with Crippen molar-refractivity contribution in [1.29, 1.82) is 0 Å². The molecule has 182 valence electrons. The highest BCUT2D eigenvalue weighted by atomic mass is 14.2. The summed E-state index contributed by atoms with van der Waals surface area (Å²) in [6, 6.07) is 47.1. The second-order valence-corrected chi connectivity index (χ2v) is 10.3. The number of aryl methyl sites for hydroxylation is 1. The predicted molar refractivity (Wildman–Crippen MR) is 166 cm³/mol. The molecular formula is C38H30. The standard InChI is InChI=1S/C38H30/c1-2-3-13-28-18-12-25-35-36(28)38(32-24-11-17-27-15-5-7-20-30(27)32)34-22-9-8-21-33(34)37(35)31-23-10-16-26-14-4-6-19-29(26)31/h4-12,14-25H,2-3,13H2,1H3. The van der Waals surface area contributed by atoms with Gasteiger partial charge in [0.05, 0.1) is 0 Å². The van der Waals surface area contributed by atoms with Crippen molar-refractivity contribution in [3.63, 3.8) is 0 Å². The monoisotopic (exact) mass is 486 g/mol. The van der Waals surface area contributed by atoms with Crippen LogP contribution < -0.4 is 0 Å². The van der Waals surface area contributed by atoms with Gasteiger partial charge in [-0.05, 0) is 83.7 Å². The molecule has 0 fully saturated rings. The highest BCUT2D eigenvalue weighted by Gasteiger charge is 2.20. The van der Waals surface area contributed by atoms with E-state index in [4.69, 9.17) is 0 Å². The van der Waals surface area contributed by atoms with Crippen LogP contribution in [0.5, 0.6) is 0 Å². The van der Waals surface area contributed by atoms with Crippen LogP contribution in [0.1, 0.15) is 25.3 Å². The Kier molecular flexibility index (Phi) is 5.67. The molecular weight excluding hydrogens is 456 g/mol. The first-order valence-corrected chi connectivity index (χ1v) is 13.8. The van der Waals surface area contributed by atoms with Crippen molar-refractivity contribution in [1.82, 2.24) is 0 Å². The Morgan fingerprint density at radius 1 is 0.421 bits per heavy atom. The molecule has 0 heteroatoms. The summed E-state index contributed by atoms with van der Waals surface area (Å²) in [6.45, 7) is 2.29. The van der Waals surface area contributed by atoms with Crippen molar-refractivity contribution in [3.8, 4) is 22.3 Å². The Labute approximate surface area is 224 Å². The zero-order valence-electron chi connectivity index (χ0n) is 21.7. The van der Waals surface area contributed by atoms with Crippen LogP contribution >= 0.6 is 0 Å². The average Bonchev–Trinajstić information content (AvgIpc) is 2.98. The lowest BCUT2D eigenvalue weighted by atomic mass is 9.81. The Hall–Kier alpha value is -4.42. The number of unbranched alkanes of at least 4 members (excludes halogenated alkanes) is 1. The highest BCUT2D eigenvalue weighted by molar-refractivity contribution is 6.25. The van der Waals surface area contributed by atoms with E-state index >= 15 is 0 Å². The summed E-state index contributed by atoms with van der Waals surface area (Å²) in [5.74, 6) is 0. The van der Waals surface area contributed by atoms with Gasteiger partial charge in [0.15, 0.2) is 0 Å². The largest absolute Gasteiger partial charge is 0.0654 e. The number of hydrogen-bond donors (Lipinski definition) is 0. The number of benzene rings is 7. The normalized spacial score (nSPS) is 11.6. The second-order valence-electron chi connectivity index (χ2n) is 10.3. The van der Waals surface area contributed by atoms with Gasteiger partial charge < -0.3 is 0 Å². The summed E-state index contributed by atoms with van der Waals surface area (Å²) in [4.78, 5) is 0. The molecule has 7 rings (SSSR count). The van der Waals surface area contributed by atoms with Gasteiger partial charge >= 0.3 is 0 Å².